The highest BCUT2D eigenvalue weighted by atomic mass is 32.1. The van der Waals surface area contributed by atoms with E-state index in [1.54, 1.807) is 0 Å². The lowest BCUT2D eigenvalue weighted by Gasteiger charge is -2.38. The Hall–Kier alpha value is -4.19. The highest BCUT2D eigenvalue weighted by Gasteiger charge is 2.39. The number of likely N-dealkylation sites (tertiary alicyclic amines) is 1. The van der Waals surface area contributed by atoms with Gasteiger partial charge in [0.1, 0.15) is 0 Å². The molecule has 5 rings (SSSR count). The summed E-state index contributed by atoms with van der Waals surface area (Å²) in [5.41, 5.74) is -0.949. The van der Waals surface area contributed by atoms with Crippen molar-refractivity contribution in [1.82, 2.24) is 35.4 Å². The number of halogens is 6. The van der Waals surface area contributed by atoms with Crippen LogP contribution in [0, 0.1) is 0 Å². The van der Waals surface area contributed by atoms with Gasteiger partial charge in [0, 0.05) is 25.1 Å². The fourth-order valence-corrected chi connectivity index (χ4v) is 4.56. The van der Waals surface area contributed by atoms with E-state index >= 15 is 0 Å². The number of nitrogens with zero attached hydrogens (tertiary/aromatic N) is 8. The molecule has 0 unspecified atom stereocenters. The molecule has 210 valence electrons. The predicted octanol–water partition coefficient (Wildman–Crippen LogP) is 4.22. The van der Waals surface area contributed by atoms with Gasteiger partial charge in [-0.25, -0.2) is 0 Å². The average Bonchev–Trinajstić information content (AvgIpc) is 3.56. The number of ether oxygens (including phenoxy) is 1. The van der Waals surface area contributed by atoms with E-state index in [9.17, 15) is 31.1 Å². The average molecular weight is 586 g/mol. The van der Waals surface area contributed by atoms with Crippen molar-refractivity contribution in [1.29, 1.82) is 0 Å². The van der Waals surface area contributed by atoms with Crippen LogP contribution in [0.4, 0.5) is 38.0 Å². The molecule has 0 N–H and O–H groups in total. The molecule has 18 heteroatoms. The van der Waals surface area contributed by atoms with Gasteiger partial charge in [-0.15, -0.1) is 21.5 Å². The molecule has 1 saturated heterocycles. The molecule has 0 saturated carbocycles. The minimum absolute atomic E-state index is 0.0165. The van der Waals surface area contributed by atoms with Crippen LogP contribution in [0.15, 0.2) is 41.2 Å². The van der Waals surface area contributed by atoms with Gasteiger partial charge in [0.2, 0.25) is 5.82 Å². The Kier molecular flexibility index (Phi) is 7.13. The van der Waals surface area contributed by atoms with E-state index in [4.69, 9.17) is 4.74 Å². The Labute approximate surface area is 224 Å². The Morgan fingerprint density at radius 3 is 2.42 bits per heavy atom. The summed E-state index contributed by atoms with van der Waals surface area (Å²) in [7, 11) is 1.52. The van der Waals surface area contributed by atoms with Crippen LogP contribution in [-0.2, 0) is 23.6 Å². The molecule has 4 aromatic rings. The zero-order chi connectivity index (χ0) is 28.7. The molecule has 1 aliphatic heterocycles. The molecule has 1 amide bonds. The molecule has 0 aromatic carbocycles. The number of alkyl halides is 6. The van der Waals surface area contributed by atoms with Gasteiger partial charge in [0.05, 0.1) is 41.0 Å². The maximum absolute atomic E-state index is 13.4. The number of anilines is 2. The summed E-state index contributed by atoms with van der Waals surface area (Å²) in [6.07, 6.45) is -7.87. The fraction of sp³-hybridized carbons (Fsp3) is 0.318. The van der Waals surface area contributed by atoms with Crippen LogP contribution in [0.5, 0.6) is 0 Å². The second-order valence-electron chi connectivity index (χ2n) is 8.44. The molecule has 1 fully saturated rings. The van der Waals surface area contributed by atoms with Crippen molar-refractivity contribution in [2.75, 3.05) is 25.1 Å². The monoisotopic (exact) mass is 586 g/mol. The third-order valence-corrected chi connectivity index (χ3v) is 6.81. The Morgan fingerprint density at radius 2 is 1.77 bits per heavy atom. The molecule has 4 aromatic heterocycles. The third-order valence-electron chi connectivity index (χ3n) is 5.74. The molecule has 11 nitrogen and oxygen atoms in total. The van der Waals surface area contributed by atoms with Gasteiger partial charge >= 0.3 is 18.2 Å². The molecule has 0 aliphatic carbocycles. The van der Waals surface area contributed by atoms with Crippen LogP contribution in [0.3, 0.4) is 0 Å². The SMILES string of the molecule is COC1CN(C(=O)c2cnnc(N(Cc3ccc(-c4noc(C(F)(F)F)n4)s3)c3cc(C(F)(F)F)cnn3)c2)C1. The summed E-state index contributed by atoms with van der Waals surface area (Å²) in [5.74, 6) is -2.49. The summed E-state index contributed by atoms with van der Waals surface area (Å²) < 4.78 is 88.3. The maximum Gasteiger partial charge on any atom is 0.471 e. The first-order chi connectivity index (χ1) is 18.9. The van der Waals surface area contributed by atoms with Crippen LogP contribution in [-0.4, -0.2) is 67.6 Å². The molecule has 0 spiro atoms. The fourth-order valence-electron chi connectivity index (χ4n) is 3.64. The van der Waals surface area contributed by atoms with E-state index in [0.717, 1.165) is 17.4 Å². The number of aromatic nitrogens is 6. The van der Waals surface area contributed by atoms with Crippen LogP contribution >= 0.6 is 11.3 Å². The Balaban J connectivity index is 1.47. The Morgan fingerprint density at radius 1 is 1.07 bits per heavy atom. The Bertz CT molecular complexity index is 1520. The van der Waals surface area contributed by atoms with E-state index < -0.39 is 23.8 Å². The minimum atomic E-state index is -4.83. The van der Waals surface area contributed by atoms with Crippen molar-refractivity contribution in [2.45, 2.75) is 25.0 Å². The van der Waals surface area contributed by atoms with Crippen molar-refractivity contribution < 1.29 is 40.4 Å². The van der Waals surface area contributed by atoms with Crippen molar-refractivity contribution in [3.8, 4) is 10.7 Å². The van der Waals surface area contributed by atoms with Gasteiger partial charge in [0.15, 0.2) is 11.6 Å². The second kappa shape index (κ2) is 10.4. The topological polar surface area (TPSA) is 123 Å². The highest BCUT2D eigenvalue weighted by molar-refractivity contribution is 7.15. The summed E-state index contributed by atoms with van der Waals surface area (Å²) in [6, 6.07) is 5.06. The summed E-state index contributed by atoms with van der Waals surface area (Å²) >= 11 is 0.967. The predicted molar refractivity (Wildman–Crippen MR) is 124 cm³/mol. The van der Waals surface area contributed by atoms with E-state index in [-0.39, 0.29) is 46.5 Å². The molecule has 5 heterocycles. The number of methoxy groups -OCH3 is 1. The van der Waals surface area contributed by atoms with Crippen LogP contribution < -0.4 is 4.90 Å². The molecule has 0 bridgehead atoms. The number of rotatable bonds is 7. The van der Waals surface area contributed by atoms with Crippen LogP contribution in [0.25, 0.3) is 10.7 Å². The van der Waals surface area contributed by atoms with E-state index in [1.165, 1.54) is 41.3 Å². The minimum Gasteiger partial charge on any atom is -0.378 e. The number of amides is 1. The highest BCUT2D eigenvalue weighted by Crippen LogP contribution is 2.35. The number of carbonyl (C=O) groups excluding carboxylic acids is 1. The summed E-state index contributed by atoms with van der Waals surface area (Å²) in [6.45, 7) is 0.562. The quantitative estimate of drug-likeness (QED) is 0.291. The molecule has 0 radical (unpaired) electrons. The first-order valence-corrected chi connectivity index (χ1v) is 12.1. The first-order valence-electron chi connectivity index (χ1n) is 11.2. The largest absolute Gasteiger partial charge is 0.471 e. The van der Waals surface area contributed by atoms with Crippen LogP contribution in [0.1, 0.15) is 26.7 Å². The van der Waals surface area contributed by atoms with Crippen molar-refractivity contribution in [2.24, 2.45) is 0 Å². The number of carbonyl (C=O) groups is 1. The van der Waals surface area contributed by atoms with Crippen LogP contribution in [0.2, 0.25) is 0 Å². The standard InChI is InChI=1S/C22H16F6N8O3S/c1-38-13-8-35(9-13)19(37)11-4-16(32-29-6-11)36(17-5-12(7-30-33-17)21(23,24)25)10-14-2-3-15(40-14)18-31-20(39-34-18)22(26,27)28/h2-7,13H,8-10H2,1H3. The smallest absolute Gasteiger partial charge is 0.378 e. The normalized spacial score (nSPS) is 14.3. The summed E-state index contributed by atoms with van der Waals surface area (Å²) in [4.78, 5) is 19.6. The number of hydrogen-bond acceptors (Lipinski definition) is 11. The van der Waals surface area contributed by atoms with Gasteiger partial charge in [-0.2, -0.15) is 41.5 Å². The maximum atomic E-state index is 13.4. The first kappa shape index (κ1) is 27.4. The molecule has 40 heavy (non-hydrogen) atoms. The van der Waals surface area contributed by atoms with Gasteiger partial charge in [-0.1, -0.05) is 5.16 Å². The van der Waals surface area contributed by atoms with Gasteiger partial charge in [-0.05, 0) is 24.3 Å². The van der Waals surface area contributed by atoms with Crippen molar-refractivity contribution in [3.05, 3.63) is 58.6 Å². The number of thiophene rings is 1. The zero-order valence-corrected chi connectivity index (χ0v) is 21.0. The lowest BCUT2D eigenvalue weighted by Crippen LogP contribution is -2.54. The lowest BCUT2D eigenvalue weighted by atomic mass is 10.1. The third kappa shape index (κ3) is 5.71. The molecular formula is C22H16F6N8O3S. The second-order valence-corrected chi connectivity index (χ2v) is 9.61. The number of hydrogen-bond donors (Lipinski definition) is 0. The van der Waals surface area contributed by atoms with E-state index in [0.29, 0.717) is 24.2 Å². The zero-order valence-electron chi connectivity index (χ0n) is 20.1. The summed E-state index contributed by atoms with van der Waals surface area (Å²) in [5, 5.41) is 18.5. The van der Waals surface area contributed by atoms with Gasteiger partial charge < -0.3 is 19.1 Å². The van der Waals surface area contributed by atoms with E-state index in [1.807, 2.05) is 0 Å². The van der Waals surface area contributed by atoms with Gasteiger partial charge in [-0.3, -0.25) is 4.79 Å². The van der Waals surface area contributed by atoms with Crippen molar-refractivity contribution in [3.63, 3.8) is 0 Å². The van der Waals surface area contributed by atoms with Crippen molar-refractivity contribution >= 4 is 28.9 Å². The van der Waals surface area contributed by atoms with Gasteiger partial charge in [0.25, 0.3) is 5.91 Å². The molecular weight excluding hydrogens is 570 g/mol. The molecule has 1 aliphatic rings. The van der Waals surface area contributed by atoms with E-state index in [2.05, 4.69) is 35.1 Å². The molecule has 0 atom stereocenters. The lowest BCUT2D eigenvalue weighted by molar-refractivity contribution is -0.159.